The summed E-state index contributed by atoms with van der Waals surface area (Å²) in [5, 5.41) is 7.80. The molecule has 0 heterocycles. The molecule has 0 saturated heterocycles. The maximum Gasteiger partial charge on any atom is 0.0426 e. The molecule has 0 spiro atoms. The van der Waals surface area contributed by atoms with Crippen LogP contribution in [0, 0.1) is 0 Å². The Balaban J connectivity index is 0.000000247. The van der Waals surface area contributed by atoms with E-state index < -0.39 is 0 Å². The van der Waals surface area contributed by atoms with Gasteiger partial charge in [-0.1, -0.05) is 35.3 Å². The van der Waals surface area contributed by atoms with Gasteiger partial charge in [-0.15, -0.1) is 0 Å². The fourth-order valence-electron chi connectivity index (χ4n) is 2.22. The predicted octanol–water partition coefficient (Wildman–Crippen LogP) is 5.31. The van der Waals surface area contributed by atoms with Gasteiger partial charge in [-0.2, -0.15) is 0 Å². The average Bonchev–Trinajstić information content (AvgIpc) is 2.77. The quantitative estimate of drug-likeness (QED) is 0.234. The van der Waals surface area contributed by atoms with Gasteiger partial charge in [0, 0.05) is 28.5 Å². The third-order valence-corrected chi connectivity index (χ3v) is 4.47. The smallest absolute Gasteiger partial charge is 0.0426 e. The van der Waals surface area contributed by atoms with Crippen LogP contribution < -0.4 is 21.8 Å². The van der Waals surface area contributed by atoms with Crippen LogP contribution in [0.2, 0.25) is 15.1 Å². The fourth-order valence-corrected chi connectivity index (χ4v) is 2.83. The zero-order valence-electron chi connectivity index (χ0n) is 17.8. The van der Waals surface area contributed by atoms with Crippen LogP contribution in [0.3, 0.4) is 0 Å². The SMILES string of the molecule is COCNc1cccc(Cl)c1.COCNc1cccc(Cl)c1B=O.Nc1cccc(Cl)c1. The van der Waals surface area contributed by atoms with Crippen LogP contribution in [0.5, 0.6) is 0 Å². The summed E-state index contributed by atoms with van der Waals surface area (Å²) in [5.41, 5.74) is 8.20. The zero-order chi connectivity index (χ0) is 23.8. The first-order valence-electron chi connectivity index (χ1n) is 9.37. The van der Waals surface area contributed by atoms with Crippen molar-refractivity contribution >= 4 is 64.5 Å². The molecular formula is C22H25BCl3N3O3. The Bertz CT molecular complexity index is 947. The molecule has 0 aromatic heterocycles. The maximum atomic E-state index is 10.6. The number of methoxy groups -OCH3 is 2. The third-order valence-electron chi connectivity index (χ3n) is 3.67. The van der Waals surface area contributed by atoms with E-state index in [0.29, 0.717) is 40.3 Å². The van der Waals surface area contributed by atoms with Crippen molar-refractivity contribution in [1.29, 1.82) is 0 Å². The van der Waals surface area contributed by atoms with Crippen molar-refractivity contribution in [2.45, 2.75) is 0 Å². The minimum absolute atomic E-state index is 0.348. The van der Waals surface area contributed by atoms with Crippen LogP contribution in [-0.2, 0) is 14.2 Å². The van der Waals surface area contributed by atoms with Crippen LogP contribution in [-0.4, -0.2) is 34.8 Å². The van der Waals surface area contributed by atoms with E-state index in [-0.39, 0.29) is 0 Å². The Morgan fingerprint density at radius 1 is 0.844 bits per heavy atom. The Hall–Kier alpha value is -2.29. The van der Waals surface area contributed by atoms with Crippen molar-refractivity contribution in [2.75, 3.05) is 44.0 Å². The van der Waals surface area contributed by atoms with Gasteiger partial charge in [0.2, 0.25) is 0 Å². The predicted molar refractivity (Wildman–Crippen MR) is 136 cm³/mol. The fraction of sp³-hybridized carbons (Fsp3) is 0.182. The van der Waals surface area contributed by atoms with E-state index >= 15 is 0 Å². The maximum absolute atomic E-state index is 10.6. The first kappa shape index (κ1) is 27.7. The summed E-state index contributed by atoms with van der Waals surface area (Å²) in [7, 11) is 3.93. The second-order valence-corrected chi connectivity index (χ2v) is 7.38. The summed E-state index contributed by atoms with van der Waals surface area (Å²) in [6.07, 6.45) is 0. The Morgan fingerprint density at radius 2 is 1.44 bits per heavy atom. The zero-order valence-corrected chi connectivity index (χ0v) is 20.0. The van der Waals surface area contributed by atoms with Crippen molar-refractivity contribution < 1.29 is 14.2 Å². The van der Waals surface area contributed by atoms with Crippen molar-refractivity contribution in [1.82, 2.24) is 0 Å². The Morgan fingerprint density at radius 3 is 1.97 bits per heavy atom. The molecular weight excluding hydrogens is 471 g/mol. The summed E-state index contributed by atoms with van der Waals surface area (Å²) < 4.78 is 20.3. The molecule has 170 valence electrons. The van der Waals surface area contributed by atoms with E-state index in [1.807, 2.05) is 30.3 Å². The molecule has 0 unspecified atom stereocenters. The molecule has 10 heteroatoms. The van der Waals surface area contributed by atoms with Crippen LogP contribution in [0.1, 0.15) is 0 Å². The first-order valence-corrected chi connectivity index (χ1v) is 10.5. The molecule has 0 atom stereocenters. The molecule has 6 nitrogen and oxygen atoms in total. The summed E-state index contributed by atoms with van der Waals surface area (Å²) in [5.74, 6) is 0. The van der Waals surface area contributed by atoms with Gasteiger partial charge in [0.25, 0.3) is 0 Å². The number of nitrogens with one attached hydrogen (secondary N) is 2. The van der Waals surface area contributed by atoms with Gasteiger partial charge >= 0.3 is 81.7 Å². The van der Waals surface area contributed by atoms with Gasteiger partial charge in [-0.3, -0.25) is 0 Å². The van der Waals surface area contributed by atoms with Gasteiger partial charge in [0.05, 0.1) is 0 Å². The number of nitrogens with two attached hydrogens (primary N) is 1. The summed E-state index contributed by atoms with van der Waals surface area (Å²) in [6.45, 7) is 0.849. The van der Waals surface area contributed by atoms with Gasteiger partial charge in [-0.05, 0) is 36.4 Å². The molecule has 3 aromatic rings. The topological polar surface area (TPSA) is 85.6 Å². The van der Waals surface area contributed by atoms with E-state index in [2.05, 4.69) is 10.6 Å². The summed E-state index contributed by atoms with van der Waals surface area (Å²) in [4.78, 5) is 0. The van der Waals surface area contributed by atoms with Crippen LogP contribution in [0.4, 0.5) is 17.1 Å². The number of nitrogen functional groups attached to an aromatic ring is 1. The molecule has 0 bridgehead atoms. The second-order valence-electron chi connectivity index (χ2n) is 6.10. The van der Waals surface area contributed by atoms with E-state index in [1.165, 1.54) is 0 Å². The third kappa shape index (κ3) is 11.4. The number of hydrogen-bond donors (Lipinski definition) is 3. The Labute approximate surface area is 204 Å². The number of ether oxygens (including phenoxy) is 2. The van der Waals surface area contributed by atoms with Gasteiger partial charge in [0.1, 0.15) is 6.73 Å². The number of rotatable bonds is 7. The van der Waals surface area contributed by atoms with Gasteiger partial charge in [-0.25, -0.2) is 0 Å². The standard InChI is InChI=1S/C8H9BClNO2.C8H10ClNO.C6H6ClN/c1-13-5-11-7-4-2-3-6(10)8(7)9-12;1-11-6-10-8-4-2-3-7(9)5-8;7-5-2-1-3-6(8)4-5/h2-4,11H,5H2,1H3;2-5,10H,6H2,1H3;1-4H,8H2. The molecule has 0 aliphatic rings. The second kappa shape index (κ2) is 16.4. The van der Waals surface area contributed by atoms with Crippen molar-refractivity contribution in [2.24, 2.45) is 0 Å². The molecule has 0 saturated carbocycles. The largest absolute Gasteiger partial charge is 0.399 e. The number of halogens is 3. The van der Waals surface area contributed by atoms with Crippen LogP contribution in [0.15, 0.2) is 66.7 Å². The van der Waals surface area contributed by atoms with E-state index in [9.17, 15) is 4.70 Å². The molecule has 0 aliphatic heterocycles. The number of anilines is 3. The van der Waals surface area contributed by atoms with Crippen molar-refractivity contribution in [3.05, 3.63) is 81.8 Å². The van der Waals surface area contributed by atoms with Gasteiger partial charge in [0.15, 0.2) is 0 Å². The normalized spacial score (nSPS) is 9.41. The number of benzene rings is 3. The summed E-state index contributed by atoms with van der Waals surface area (Å²) >= 11 is 17.1. The molecule has 32 heavy (non-hydrogen) atoms. The van der Waals surface area contributed by atoms with Crippen molar-refractivity contribution in [3.8, 4) is 0 Å². The van der Waals surface area contributed by atoms with E-state index in [4.69, 9.17) is 50.0 Å². The van der Waals surface area contributed by atoms with Crippen molar-refractivity contribution in [3.63, 3.8) is 0 Å². The van der Waals surface area contributed by atoms with Crippen LogP contribution in [0.25, 0.3) is 0 Å². The minimum atomic E-state index is 0.348. The molecule has 0 amide bonds. The Kier molecular flexibility index (Phi) is 14.2. The summed E-state index contributed by atoms with van der Waals surface area (Å²) in [6, 6.07) is 19.8. The van der Waals surface area contributed by atoms with Crippen LogP contribution >= 0.6 is 34.8 Å². The molecule has 4 N–H and O–H groups in total. The minimum Gasteiger partial charge on any atom is -0.399 e. The monoisotopic (exact) mass is 495 g/mol. The molecule has 3 rings (SSSR count). The molecule has 0 fully saturated rings. The number of hydrogen-bond acceptors (Lipinski definition) is 6. The van der Waals surface area contributed by atoms with E-state index in [0.717, 1.165) is 17.9 Å². The molecule has 0 radical (unpaired) electrons. The van der Waals surface area contributed by atoms with Gasteiger partial charge < -0.3 is 15.8 Å². The van der Waals surface area contributed by atoms with E-state index in [1.54, 1.807) is 50.6 Å². The first-order chi connectivity index (χ1) is 15.4. The average molecular weight is 497 g/mol. The molecule has 0 aliphatic carbocycles. The molecule has 3 aromatic carbocycles.